The van der Waals surface area contributed by atoms with E-state index in [9.17, 15) is 9.18 Å². The standard InChI is InChI=1S/C14H15FN4O2/c1-9-17-6-10(14(16)19-9)7-18-13(20)8-21-12-4-2-11(15)3-5-12/h2-6H,7-8H2,1H3,(H,18,20)(H2,16,17,19). The highest BCUT2D eigenvalue weighted by atomic mass is 19.1. The lowest BCUT2D eigenvalue weighted by Gasteiger charge is -2.08. The summed E-state index contributed by atoms with van der Waals surface area (Å²) in [5.41, 5.74) is 6.35. The van der Waals surface area contributed by atoms with Gasteiger partial charge in [-0.15, -0.1) is 0 Å². The minimum Gasteiger partial charge on any atom is -0.484 e. The molecule has 1 heterocycles. The summed E-state index contributed by atoms with van der Waals surface area (Å²) in [5.74, 6) is 0.648. The molecule has 0 bridgehead atoms. The molecule has 1 aromatic heterocycles. The van der Waals surface area contributed by atoms with Crippen LogP contribution in [0.3, 0.4) is 0 Å². The molecule has 2 aromatic rings. The molecule has 0 aliphatic rings. The number of nitrogens with two attached hydrogens (primary N) is 1. The van der Waals surface area contributed by atoms with Gasteiger partial charge in [0.1, 0.15) is 23.2 Å². The zero-order valence-corrected chi connectivity index (χ0v) is 11.5. The van der Waals surface area contributed by atoms with Crippen LogP contribution in [0.4, 0.5) is 10.2 Å². The van der Waals surface area contributed by atoms with Gasteiger partial charge in [-0.05, 0) is 31.2 Å². The number of benzene rings is 1. The minimum absolute atomic E-state index is 0.168. The molecule has 21 heavy (non-hydrogen) atoms. The lowest BCUT2D eigenvalue weighted by molar-refractivity contribution is -0.123. The van der Waals surface area contributed by atoms with Crippen molar-refractivity contribution in [2.24, 2.45) is 0 Å². The van der Waals surface area contributed by atoms with Crippen molar-refractivity contribution in [3.8, 4) is 5.75 Å². The number of carbonyl (C=O) groups excluding carboxylic acids is 1. The molecule has 0 radical (unpaired) electrons. The smallest absolute Gasteiger partial charge is 0.258 e. The molecule has 0 unspecified atom stereocenters. The van der Waals surface area contributed by atoms with E-state index in [0.29, 0.717) is 23.0 Å². The third kappa shape index (κ3) is 4.41. The molecule has 1 aromatic carbocycles. The van der Waals surface area contributed by atoms with Crippen LogP contribution in [0.2, 0.25) is 0 Å². The second-order valence-corrected chi connectivity index (χ2v) is 4.35. The first-order valence-electron chi connectivity index (χ1n) is 6.27. The van der Waals surface area contributed by atoms with Crippen LogP contribution in [-0.2, 0) is 11.3 Å². The molecule has 110 valence electrons. The average Bonchev–Trinajstić information content (AvgIpc) is 2.46. The van der Waals surface area contributed by atoms with Crippen molar-refractivity contribution in [3.63, 3.8) is 0 Å². The van der Waals surface area contributed by atoms with Gasteiger partial charge in [0.15, 0.2) is 6.61 Å². The Morgan fingerprint density at radius 2 is 2.10 bits per heavy atom. The number of rotatable bonds is 5. The van der Waals surface area contributed by atoms with Crippen molar-refractivity contribution in [1.82, 2.24) is 15.3 Å². The number of hydrogen-bond donors (Lipinski definition) is 2. The van der Waals surface area contributed by atoms with Gasteiger partial charge in [0.25, 0.3) is 5.91 Å². The Hall–Kier alpha value is -2.70. The van der Waals surface area contributed by atoms with Gasteiger partial charge in [0.05, 0.1) is 0 Å². The molecule has 1 amide bonds. The largest absolute Gasteiger partial charge is 0.484 e. The Kier molecular flexibility index (Phi) is 4.65. The summed E-state index contributed by atoms with van der Waals surface area (Å²) in [6.07, 6.45) is 1.57. The van der Waals surface area contributed by atoms with E-state index < -0.39 is 0 Å². The topological polar surface area (TPSA) is 90.1 Å². The van der Waals surface area contributed by atoms with Gasteiger partial charge in [0.2, 0.25) is 0 Å². The number of anilines is 1. The van der Waals surface area contributed by atoms with Crippen molar-refractivity contribution >= 4 is 11.7 Å². The maximum atomic E-state index is 12.7. The molecule has 6 nitrogen and oxygen atoms in total. The van der Waals surface area contributed by atoms with Gasteiger partial charge in [-0.25, -0.2) is 14.4 Å². The van der Waals surface area contributed by atoms with E-state index >= 15 is 0 Å². The first-order valence-corrected chi connectivity index (χ1v) is 6.27. The van der Waals surface area contributed by atoms with Gasteiger partial charge in [0, 0.05) is 18.3 Å². The summed E-state index contributed by atoms with van der Waals surface area (Å²) in [7, 11) is 0. The van der Waals surface area contributed by atoms with Crippen molar-refractivity contribution in [1.29, 1.82) is 0 Å². The fourth-order valence-corrected chi connectivity index (χ4v) is 1.57. The Bertz CT molecular complexity index is 631. The summed E-state index contributed by atoms with van der Waals surface area (Å²) >= 11 is 0. The second-order valence-electron chi connectivity index (χ2n) is 4.35. The Labute approximate surface area is 121 Å². The molecule has 0 atom stereocenters. The summed E-state index contributed by atoms with van der Waals surface area (Å²) in [6.45, 7) is 1.78. The third-order valence-electron chi connectivity index (χ3n) is 2.68. The molecule has 0 saturated heterocycles. The lowest BCUT2D eigenvalue weighted by Crippen LogP contribution is -2.28. The number of aryl methyl sites for hydroxylation is 1. The number of aromatic nitrogens is 2. The van der Waals surface area contributed by atoms with Crippen LogP contribution in [0.5, 0.6) is 5.75 Å². The number of halogens is 1. The zero-order valence-electron chi connectivity index (χ0n) is 11.5. The fourth-order valence-electron chi connectivity index (χ4n) is 1.57. The van der Waals surface area contributed by atoms with Crippen molar-refractivity contribution in [3.05, 3.63) is 47.7 Å². The Morgan fingerprint density at radius 3 is 2.76 bits per heavy atom. The molecule has 0 fully saturated rings. The highest BCUT2D eigenvalue weighted by Gasteiger charge is 2.06. The van der Waals surface area contributed by atoms with E-state index in [1.807, 2.05) is 0 Å². The summed E-state index contributed by atoms with van der Waals surface area (Å²) in [6, 6.07) is 5.43. The molecule has 2 rings (SSSR count). The summed E-state index contributed by atoms with van der Waals surface area (Å²) in [5, 5.41) is 2.64. The molecule has 7 heteroatoms. The number of amides is 1. The molecule has 0 aliphatic heterocycles. The van der Waals surface area contributed by atoms with Gasteiger partial charge in [-0.1, -0.05) is 0 Å². The maximum absolute atomic E-state index is 12.7. The summed E-state index contributed by atoms with van der Waals surface area (Å²) in [4.78, 5) is 19.7. The zero-order chi connectivity index (χ0) is 15.2. The molecular formula is C14H15FN4O2. The van der Waals surface area contributed by atoms with E-state index in [0.717, 1.165) is 0 Å². The SMILES string of the molecule is Cc1ncc(CNC(=O)COc2ccc(F)cc2)c(N)n1. The van der Waals surface area contributed by atoms with Gasteiger partial charge in [-0.2, -0.15) is 0 Å². The molecule has 0 saturated carbocycles. The number of ether oxygens (including phenoxy) is 1. The Balaban J connectivity index is 1.80. The van der Waals surface area contributed by atoms with Crippen molar-refractivity contribution < 1.29 is 13.9 Å². The van der Waals surface area contributed by atoms with Crippen LogP contribution in [0.15, 0.2) is 30.5 Å². The van der Waals surface area contributed by atoms with Gasteiger partial charge >= 0.3 is 0 Å². The Morgan fingerprint density at radius 1 is 1.38 bits per heavy atom. The molecule has 0 aliphatic carbocycles. The van der Waals surface area contributed by atoms with E-state index in [1.165, 1.54) is 24.3 Å². The number of nitrogen functional groups attached to an aromatic ring is 1. The van der Waals surface area contributed by atoms with E-state index in [4.69, 9.17) is 10.5 Å². The maximum Gasteiger partial charge on any atom is 0.258 e. The van der Waals surface area contributed by atoms with Crippen LogP contribution < -0.4 is 15.8 Å². The minimum atomic E-state index is -0.360. The van der Waals surface area contributed by atoms with E-state index in [1.54, 1.807) is 13.1 Å². The quantitative estimate of drug-likeness (QED) is 0.863. The number of hydrogen-bond acceptors (Lipinski definition) is 5. The predicted molar refractivity (Wildman–Crippen MR) is 74.9 cm³/mol. The van der Waals surface area contributed by atoms with Gasteiger partial charge < -0.3 is 15.8 Å². The third-order valence-corrected chi connectivity index (χ3v) is 2.68. The molecule has 3 N–H and O–H groups in total. The molecule has 0 spiro atoms. The number of nitrogens with zero attached hydrogens (tertiary/aromatic N) is 2. The van der Waals surface area contributed by atoms with Crippen molar-refractivity contribution in [2.75, 3.05) is 12.3 Å². The van der Waals surface area contributed by atoms with Crippen LogP contribution >= 0.6 is 0 Å². The number of nitrogens with one attached hydrogen (secondary N) is 1. The van der Waals surface area contributed by atoms with Crippen molar-refractivity contribution in [2.45, 2.75) is 13.5 Å². The van der Waals surface area contributed by atoms with Crippen LogP contribution in [0.25, 0.3) is 0 Å². The van der Waals surface area contributed by atoms with E-state index in [-0.39, 0.29) is 24.9 Å². The first kappa shape index (κ1) is 14.7. The summed E-state index contributed by atoms with van der Waals surface area (Å²) < 4.78 is 17.9. The van der Waals surface area contributed by atoms with Gasteiger partial charge in [-0.3, -0.25) is 4.79 Å². The monoisotopic (exact) mass is 290 g/mol. The van der Waals surface area contributed by atoms with Crippen LogP contribution in [0.1, 0.15) is 11.4 Å². The van der Waals surface area contributed by atoms with E-state index in [2.05, 4.69) is 15.3 Å². The fraction of sp³-hybridized carbons (Fsp3) is 0.214. The predicted octanol–water partition coefficient (Wildman–Crippen LogP) is 1.20. The average molecular weight is 290 g/mol. The highest BCUT2D eigenvalue weighted by Crippen LogP contribution is 2.11. The molecular weight excluding hydrogens is 275 g/mol. The number of carbonyl (C=O) groups is 1. The second kappa shape index (κ2) is 6.65. The normalized spacial score (nSPS) is 10.2. The highest BCUT2D eigenvalue weighted by molar-refractivity contribution is 5.77. The van der Waals surface area contributed by atoms with Crippen LogP contribution in [-0.4, -0.2) is 22.5 Å². The van der Waals surface area contributed by atoms with Crippen LogP contribution in [0, 0.1) is 12.7 Å². The first-order chi connectivity index (χ1) is 10.0. The lowest BCUT2D eigenvalue weighted by atomic mass is 10.3.